The van der Waals surface area contributed by atoms with Gasteiger partial charge in [0.05, 0.1) is 6.42 Å². The predicted molar refractivity (Wildman–Crippen MR) is 75.9 cm³/mol. The van der Waals surface area contributed by atoms with Crippen molar-refractivity contribution in [3.63, 3.8) is 0 Å². The molecule has 20 heavy (non-hydrogen) atoms. The third-order valence-electron chi connectivity index (χ3n) is 4.15. The van der Waals surface area contributed by atoms with Gasteiger partial charge in [-0.15, -0.1) is 0 Å². The number of carbonyl (C=O) groups excluding carboxylic acids is 2. The molecule has 2 N–H and O–H groups in total. The van der Waals surface area contributed by atoms with Crippen molar-refractivity contribution in [2.24, 2.45) is 0 Å². The van der Waals surface area contributed by atoms with Crippen molar-refractivity contribution in [1.29, 1.82) is 0 Å². The molecule has 2 aliphatic heterocycles. The summed E-state index contributed by atoms with van der Waals surface area (Å²) < 4.78 is 0. The second kappa shape index (κ2) is 5.15. The molecule has 1 aromatic carbocycles. The van der Waals surface area contributed by atoms with E-state index < -0.39 is 0 Å². The highest BCUT2D eigenvalue weighted by Crippen LogP contribution is 2.23. The average molecular weight is 273 g/mol. The van der Waals surface area contributed by atoms with Crippen molar-refractivity contribution in [2.45, 2.75) is 25.3 Å². The summed E-state index contributed by atoms with van der Waals surface area (Å²) in [6.45, 7) is 1.99. The molecule has 5 heteroatoms. The largest absolute Gasteiger partial charge is 0.399 e. The van der Waals surface area contributed by atoms with Crippen LogP contribution in [-0.4, -0.2) is 47.3 Å². The molecule has 0 aliphatic carbocycles. The van der Waals surface area contributed by atoms with Crippen LogP contribution in [0, 0.1) is 0 Å². The lowest BCUT2D eigenvalue weighted by atomic mass is 10.1. The first-order chi connectivity index (χ1) is 9.63. The number of piperazine rings is 1. The van der Waals surface area contributed by atoms with E-state index in [0.717, 1.165) is 12.0 Å². The molecular weight excluding hydrogens is 254 g/mol. The Hall–Kier alpha value is -2.04. The van der Waals surface area contributed by atoms with Gasteiger partial charge in [0.15, 0.2) is 0 Å². The lowest BCUT2D eigenvalue weighted by molar-refractivity contribution is -0.138. The number of hydrogen-bond donors (Lipinski definition) is 1. The van der Waals surface area contributed by atoms with E-state index >= 15 is 0 Å². The van der Waals surface area contributed by atoms with Gasteiger partial charge in [0.1, 0.15) is 0 Å². The number of nitrogens with two attached hydrogens (primary N) is 1. The molecular formula is C15H19N3O2. The van der Waals surface area contributed by atoms with Gasteiger partial charge in [0.25, 0.3) is 0 Å². The fourth-order valence-electron chi connectivity index (χ4n) is 3.08. The normalized spacial score (nSPS) is 22.0. The highest BCUT2D eigenvalue weighted by molar-refractivity contribution is 5.81. The van der Waals surface area contributed by atoms with Gasteiger partial charge in [-0.1, -0.05) is 12.1 Å². The van der Waals surface area contributed by atoms with Crippen LogP contribution in [-0.2, 0) is 16.0 Å². The molecule has 1 unspecified atom stereocenters. The maximum absolute atomic E-state index is 12.3. The van der Waals surface area contributed by atoms with Gasteiger partial charge in [0, 0.05) is 37.8 Å². The zero-order valence-electron chi connectivity index (χ0n) is 11.4. The maximum Gasteiger partial charge on any atom is 0.227 e. The quantitative estimate of drug-likeness (QED) is 0.804. The van der Waals surface area contributed by atoms with E-state index in [-0.39, 0.29) is 17.9 Å². The van der Waals surface area contributed by atoms with Crippen molar-refractivity contribution in [2.75, 3.05) is 25.4 Å². The van der Waals surface area contributed by atoms with Crippen LogP contribution >= 0.6 is 0 Å². The van der Waals surface area contributed by atoms with E-state index in [1.54, 1.807) is 0 Å². The monoisotopic (exact) mass is 273 g/mol. The minimum absolute atomic E-state index is 0.120. The van der Waals surface area contributed by atoms with Crippen LogP contribution in [0.25, 0.3) is 0 Å². The summed E-state index contributed by atoms with van der Waals surface area (Å²) in [7, 11) is 0. The number of benzene rings is 1. The highest BCUT2D eigenvalue weighted by Gasteiger charge is 2.36. The number of nitrogen functional groups attached to an aromatic ring is 1. The summed E-state index contributed by atoms with van der Waals surface area (Å²) >= 11 is 0. The molecule has 0 spiro atoms. The second-order valence-electron chi connectivity index (χ2n) is 5.54. The van der Waals surface area contributed by atoms with Crippen LogP contribution in [0.1, 0.15) is 18.4 Å². The van der Waals surface area contributed by atoms with Crippen LogP contribution in [0.4, 0.5) is 5.69 Å². The summed E-state index contributed by atoms with van der Waals surface area (Å²) in [6, 6.07) is 7.67. The molecule has 1 aromatic rings. The van der Waals surface area contributed by atoms with E-state index in [0.29, 0.717) is 38.2 Å². The van der Waals surface area contributed by atoms with E-state index in [1.165, 1.54) is 0 Å². The third-order valence-corrected chi connectivity index (χ3v) is 4.15. The van der Waals surface area contributed by atoms with Gasteiger partial charge in [0.2, 0.25) is 11.8 Å². The SMILES string of the molecule is Nc1cccc(CC(=O)N2CCN3C(=O)CCC3C2)c1. The predicted octanol–water partition coefficient (Wildman–Crippen LogP) is 0.644. The van der Waals surface area contributed by atoms with Gasteiger partial charge < -0.3 is 15.5 Å². The summed E-state index contributed by atoms with van der Waals surface area (Å²) in [6.07, 6.45) is 1.88. The van der Waals surface area contributed by atoms with E-state index in [1.807, 2.05) is 34.1 Å². The number of fused-ring (bicyclic) bond motifs is 1. The van der Waals surface area contributed by atoms with Crippen LogP contribution in [0.3, 0.4) is 0 Å². The summed E-state index contributed by atoms with van der Waals surface area (Å²) in [4.78, 5) is 27.8. The van der Waals surface area contributed by atoms with E-state index in [4.69, 9.17) is 5.73 Å². The Balaban J connectivity index is 1.62. The fraction of sp³-hybridized carbons (Fsp3) is 0.467. The number of amides is 2. The minimum Gasteiger partial charge on any atom is -0.399 e. The Kier molecular flexibility index (Phi) is 3.34. The lowest BCUT2D eigenvalue weighted by Crippen LogP contribution is -2.53. The number of anilines is 1. The molecule has 2 fully saturated rings. The van der Waals surface area contributed by atoms with Gasteiger partial charge in [-0.2, -0.15) is 0 Å². The molecule has 0 radical (unpaired) electrons. The van der Waals surface area contributed by atoms with Crippen molar-refractivity contribution in [3.05, 3.63) is 29.8 Å². The molecule has 2 heterocycles. The maximum atomic E-state index is 12.3. The Labute approximate surface area is 118 Å². The van der Waals surface area contributed by atoms with Crippen LogP contribution in [0.5, 0.6) is 0 Å². The van der Waals surface area contributed by atoms with Crippen LogP contribution in [0.15, 0.2) is 24.3 Å². The highest BCUT2D eigenvalue weighted by atomic mass is 16.2. The number of rotatable bonds is 2. The number of nitrogens with zero attached hydrogens (tertiary/aromatic N) is 2. The van der Waals surface area contributed by atoms with Gasteiger partial charge >= 0.3 is 0 Å². The molecule has 0 saturated carbocycles. The van der Waals surface area contributed by atoms with Gasteiger partial charge in [-0.05, 0) is 24.1 Å². The smallest absolute Gasteiger partial charge is 0.227 e. The first-order valence-corrected chi connectivity index (χ1v) is 7.05. The molecule has 2 saturated heterocycles. The summed E-state index contributed by atoms with van der Waals surface area (Å²) in [5, 5.41) is 0. The zero-order chi connectivity index (χ0) is 14.1. The molecule has 106 valence electrons. The molecule has 0 aromatic heterocycles. The lowest BCUT2D eigenvalue weighted by Gasteiger charge is -2.37. The van der Waals surface area contributed by atoms with Crippen molar-refractivity contribution >= 4 is 17.5 Å². The van der Waals surface area contributed by atoms with Gasteiger partial charge in [-0.25, -0.2) is 0 Å². The molecule has 2 aliphatic rings. The Morgan fingerprint density at radius 3 is 3.00 bits per heavy atom. The molecule has 0 bridgehead atoms. The van der Waals surface area contributed by atoms with Crippen LogP contribution in [0.2, 0.25) is 0 Å². The Bertz CT molecular complexity index is 544. The number of carbonyl (C=O) groups is 2. The molecule has 1 atom stereocenters. The number of hydrogen-bond acceptors (Lipinski definition) is 3. The first-order valence-electron chi connectivity index (χ1n) is 7.05. The topological polar surface area (TPSA) is 66.6 Å². The summed E-state index contributed by atoms with van der Waals surface area (Å²) in [5.41, 5.74) is 7.36. The van der Waals surface area contributed by atoms with E-state index in [2.05, 4.69) is 0 Å². The Morgan fingerprint density at radius 1 is 1.35 bits per heavy atom. The van der Waals surface area contributed by atoms with Gasteiger partial charge in [-0.3, -0.25) is 9.59 Å². The molecule has 2 amide bonds. The standard InChI is InChI=1S/C15H19N3O2/c16-12-3-1-2-11(8-12)9-15(20)17-6-7-18-13(10-17)4-5-14(18)19/h1-3,8,13H,4-7,9-10,16H2. The first kappa shape index (κ1) is 13.0. The van der Waals surface area contributed by atoms with E-state index in [9.17, 15) is 9.59 Å². The van der Waals surface area contributed by atoms with Crippen molar-refractivity contribution in [3.8, 4) is 0 Å². The third kappa shape index (κ3) is 2.48. The van der Waals surface area contributed by atoms with Crippen molar-refractivity contribution < 1.29 is 9.59 Å². The second-order valence-corrected chi connectivity index (χ2v) is 5.54. The fourth-order valence-corrected chi connectivity index (χ4v) is 3.08. The zero-order valence-corrected chi connectivity index (χ0v) is 11.4. The average Bonchev–Trinajstić information content (AvgIpc) is 2.80. The molecule has 5 nitrogen and oxygen atoms in total. The summed E-state index contributed by atoms with van der Waals surface area (Å²) in [5.74, 6) is 0.354. The van der Waals surface area contributed by atoms with Crippen molar-refractivity contribution in [1.82, 2.24) is 9.80 Å². The minimum atomic E-state index is 0.120. The van der Waals surface area contributed by atoms with Crippen LogP contribution < -0.4 is 5.73 Å². The Morgan fingerprint density at radius 2 is 2.20 bits per heavy atom. The molecule has 3 rings (SSSR count).